The van der Waals surface area contributed by atoms with Crippen LogP contribution in [0, 0.1) is 17.8 Å². The Balaban J connectivity index is 1.14. The van der Waals surface area contributed by atoms with Crippen molar-refractivity contribution in [1.29, 1.82) is 0 Å². The summed E-state index contributed by atoms with van der Waals surface area (Å²) in [6.45, 7) is 3.80. The predicted molar refractivity (Wildman–Crippen MR) is 201 cm³/mol. The van der Waals surface area contributed by atoms with Crippen LogP contribution in [-0.2, 0) is 35.6 Å². The molecule has 2 aliphatic heterocycles. The molecule has 15 heteroatoms. The van der Waals surface area contributed by atoms with Crippen molar-refractivity contribution in [1.82, 2.24) is 25.2 Å². The maximum atomic E-state index is 14.8. The van der Waals surface area contributed by atoms with Crippen molar-refractivity contribution < 1.29 is 41.8 Å². The fraction of sp³-hybridized carbons (Fsp3) is 0.575. The number of nitrogens with zero attached hydrogens (tertiary/aromatic N) is 2. The highest BCUT2D eigenvalue weighted by Crippen LogP contribution is 2.46. The fourth-order valence-electron chi connectivity index (χ4n) is 8.71. The number of nitrogens with one attached hydrogen (secondary N) is 3. The Kier molecular flexibility index (Phi) is 10.0. The monoisotopic (exact) mass is 775 g/mol. The lowest BCUT2D eigenvalue weighted by atomic mass is 9.96. The lowest BCUT2D eigenvalue weighted by Gasteiger charge is -2.32. The second kappa shape index (κ2) is 14.8. The van der Waals surface area contributed by atoms with Crippen LogP contribution in [-0.4, -0.2) is 90.9 Å². The van der Waals surface area contributed by atoms with Crippen molar-refractivity contribution in [3.63, 3.8) is 0 Å². The van der Waals surface area contributed by atoms with Crippen LogP contribution < -0.4 is 24.8 Å². The Bertz CT molecular complexity index is 2030. The number of para-hydroxylation sites is 1. The van der Waals surface area contributed by atoms with Crippen LogP contribution in [0.1, 0.15) is 76.2 Å². The second-order valence-corrected chi connectivity index (χ2v) is 17.9. The summed E-state index contributed by atoms with van der Waals surface area (Å²) in [5.74, 6) is -1.39. The van der Waals surface area contributed by atoms with Gasteiger partial charge in [0.05, 0.1) is 30.0 Å². The Hall–Kier alpha value is -4.66. The molecule has 8 rings (SSSR count). The van der Waals surface area contributed by atoms with E-state index >= 15 is 0 Å². The molecule has 1 saturated heterocycles. The first-order valence-corrected chi connectivity index (χ1v) is 21.1. The minimum Gasteiger partial charge on any atom is -0.496 e. The lowest BCUT2D eigenvalue weighted by molar-refractivity contribution is -0.142. The number of fused-ring (bicyclic) bond motifs is 5. The van der Waals surface area contributed by atoms with E-state index in [9.17, 15) is 27.6 Å². The molecule has 3 heterocycles. The summed E-state index contributed by atoms with van der Waals surface area (Å²) in [6.07, 6.45) is 11.3. The highest BCUT2D eigenvalue weighted by molar-refractivity contribution is 7.91. The van der Waals surface area contributed by atoms with Gasteiger partial charge in [0.2, 0.25) is 27.7 Å². The van der Waals surface area contributed by atoms with E-state index in [0.29, 0.717) is 36.4 Å². The van der Waals surface area contributed by atoms with Gasteiger partial charge in [-0.15, -0.1) is 6.58 Å². The molecule has 4 saturated carbocycles. The Morgan fingerprint density at radius 3 is 2.56 bits per heavy atom. The van der Waals surface area contributed by atoms with Crippen molar-refractivity contribution in [2.75, 3.05) is 13.7 Å². The van der Waals surface area contributed by atoms with Gasteiger partial charge >= 0.3 is 6.09 Å². The van der Waals surface area contributed by atoms with Gasteiger partial charge < -0.3 is 29.7 Å². The molecule has 1 aromatic carbocycles. The van der Waals surface area contributed by atoms with Crippen LogP contribution >= 0.6 is 0 Å². The predicted octanol–water partition coefficient (Wildman–Crippen LogP) is 3.83. The minimum absolute atomic E-state index is 0.00614. The number of rotatable bonds is 8. The number of hydrogen-bond acceptors (Lipinski definition) is 10. The number of hydrogen-bond donors (Lipinski definition) is 3. The zero-order chi connectivity index (χ0) is 38.5. The van der Waals surface area contributed by atoms with E-state index in [2.05, 4.69) is 28.0 Å². The number of alkyl carbamates (subject to hydrolysis) is 1. The molecule has 4 aliphatic carbocycles. The molecule has 55 heavy (non-hydrogen) atoms. The summed E-state index contributed by atoms with van der Waals surface area (Å²) in [7, 11) is -2.29. The number of allylic oxidation sites excluding steroid dienone is 2. The maximum Gasteiger partial charge on any atom is 0.408 e. The van der Waals surface area contributed by atoms with E-state index in [0.717, 1.165) is 55.9 Å². The van der Waals surface area contributed by atoms with Crippen LogP contribution in [0.5, 0.6) is 11.6 Å². The van der Waals surface area contributed by atoms with E-state index in [1.807, 2.05) is 30.3 Å². The average Bonchev–Trinajstić information content (AvgIpc) is 4.13. The summed E-state index contributed by atoms with van der Waals surface area (Å²) in [5, 5.41) is 5.92. The third-order valence-corrected chi connectivity index (χ3v) is 14.0. The van der Waals surface area contributed by atoms with Gasteiger partial charge in [-0.2, -0.15) is 0 Å². The molecule has 0 spiro atoms. The molecule has 14 nitrogen and oxygen atoms in total. The first-order valence-electron chi connectivity index (χ1n) is 19.6. The number of ether oxygens (including phenoxy) is 3. The number of carbonyl (C=O) groups excluding carboxylic acids is 4. The summed E-state index contributed by atoms with van der Waals surface area (Å²) in [5.41, 5.74) is -0.153. The zero-order valence-electron chi connectivity index (χ0n) is 31.0. The summed E-state index contributed by atoms with van der Waals surface area (Å²) >= 11 is 0. The summed E-state index contributed by atoms with van der Waals surface area (Å²) in [4.78, 5) is 62.5. The molecule has 7 atom stereocenters. The molecule has 1 aromatic heterocycles. The zero-order valence-corrected chi connectivity index (χ0v) is 31.9. The van der Waals surface area contributed by atoms with Crippen molar-refractivity contribution in [3.05, 3.63) is 54.6 Å². The van der Waals surface area contributed by atoms with Crippen molar-refractivity contribution in [2.45, 2.75) is 112 Å². The molecule has 5 fully saturated rings. The highest BCUT2D eigenvalue weighted by atomic mass is 32.2. The van der Waals surface area contributed by atoms with Gasteiger partial charge in [0.25, 0.3) is 5.91 Å². The minimum atomic E-state index is -3.90. The van der Waals surface area contributed by atoms with E-state index < -0.39 is 68.7 Å². The average molecular weight is 776 g/mol. The number of aromatic nitrogens is 1. The SMILES string of the molecule is C=C[C@@H]1C[C@]1(NC(=O)[C@@H]1C[C@@H]2CN1C(=O)[C@H](C1CCCC1)NC(=O)O[C@H]1C[C@@H]1CC/C=C/Cc1c(nc3ccccc3c1OC)O2)C(=O)NS(=O)(=O)C1CC1. The van der Waals surface area contributed by atoms with Gasteiger partial charge in [0.15, 0.2) is 0 Å². The third kappa shape index (κ3) is 7.51. The maximum absolute atomic E-state index is 14.8. The molecular weight excluding hydrogens is 727 g/mol. The van der Waals surface area contributed by atoms with Gasteiger partial charge in [-0.05, 0) is 81.8 Å². The van der Waals surface area contributed by atoms with Gasteiger partial charge in [-0.3, -0.25) is 19.1 Å². The summed E-state index contributed by atoms with van der Waals surface area (Å²) < 4.78 is 46.1. The van der Waals surface area contributed by atoms with Gasteiger partial charge in [0.1, 0.15) is 35.6 Å². The second-order valence-electron chi connectivity index (χ2n) is 16.0. The largest absolute Gasteiger partial charge is 0.496 e. The number of pyridine rings is 1. The number of amides is 4. The summed E-state index contributed by atoms with van der Waals surface area (Å²) in [6, 6.07) is 5.54. The smallest absolute Gasteiger partial charge is 0.408 e. The van der Waals surface area contributed by atoms with Crippen LogP contribution in [0.3, 0.4) is 0 Å². The van der Waals surface area contributed by atoms with Crippen molar-refractivity contribution in [2.24, 2.45) is 17.8 Å². The number of sulfonamides is 1. The Morgan fingerprint density at radius 2 is 1.84 bits per heavy atom. The molecule has 4 amide bonds. The molecule has 0 radical (unpaired) electrons. The van der Waals surface area contributed by atoms with Crippen molar-refractivity contribution in [3.8, 4) is 11.6 Å². The van der Waals surface area contributed by atoms with Crippen LogP contribution in [0.15, 0.2) is 49.1 Å². The lowest BCUT2D eigenvalue weighted by Crippen LogP contribution is -2.59. The van der Waals surface area contributed by atoms with E-state index in [-0.39, 0.29) is 37.3 Å². The van der Waals surface area contributed by atoms with Gasteiger partial charge in [0, 0.05) is 17.7 Å². The first kappa shape index (κ1) is 37.3. The molecule has 2 aromatic rings. The van der Waals surface area contributed by atoms with Crippen LogP contribution in [0.4, 0.5) is 4.79 Å². The molecule has 2 bridgehead atoms. The van der Waals surface area contributed by atoms with E-state index in [1.165, 1.54) is 11.0 Å². The molecule has 0 unspecified atom stereocenters. The number of benzene rings is 1. The number of methoxy groups -OCH3 is 1. The molecule has 294 valence electrons. The van der Waals surface area contributed by atoms with Crippen LogP contribution in [0.25, 0.3) is 10.9 Å². The standard InChI is InChI=1S/C40H49N5O9S/c1-3-25-21-40(25,38(48)44-55(50,51)27-17-18-27)43-35(46)31-20-26-22-45(31)37(47)33(23-11-7-8-12-23)42-39(49)54-32-19-24(32)13-5-4-6-15-29-34(52-2)28-14-9-10-16-30(28)41-36(29)53-26/h3-4,6,9-10,14,16,23-27,31-33H,1,5,7-8,11-13,15,17-22H2,2H3,(H,42,49)(H,43,46)(H,44,48)/b6-4+/t24-,25+,26+,31-,32-,33-,40+/m0/s1. The quantitative estimate of drug-likeness (QED) is 0.334. The highest BCUT2D eigenvalue weighted by Gasteiger charge is 2.62. The molecular formula is C40H49N5O9S. The fourth-order valence-corrected chi connectivity index (χ4v) is 10.1. The van der Waals surface area contributed by atoms with E-state index in [4.69, 9.17) is 19.2 Å². The topological polar surface area (TPSA) is 182 Å². The van der Waals surface area contributed by atoms with Gasteiger partial charge in [-0.25, -0.2) is 18.2 Å². The normalized spacial score (nSPS) is 31.7. The Labute approximate surface area is 320 Å². The Morgan fingerprint density at radius 1 is 1.05 bits per heavy atom. The first-order chi connectivity index (χ1) is 26.5. The number of carbonyl (C=O) groups is 4. The van der Waals surface area contributed by atoms with E-state index in [1.54, 1.807) is 7.11 Å². The van der Waals surface area contributed by atoms with Crippen LogP contribution in [0.2, 0.25) is 0 Å². The molecule has 3 N–H and O–H groups in total. The van der Waals surface area contributed by atoms with Crippen molar-refractivity contribution >= 4 is 44.7 Å². The molecule has 6 aliphatic rings. The van der Waals surface area contributed by atoms with Gasteiger partial charge in [-0.1, -0.05) is 43.2 Å². The third-order valence-electron chi connectivity index (χ3n) is 12.2.